The summed E-state index contributed by atoms with van der Waals surface area (Å²) in [4.78, 5) is 25.8. The van der Waals surface area contributed by atoms with Gasteiger partial charge in [0.15, 0.2) is 11.7 Å². The fraction of sp³-hybridized carbons (Fsp3) is 0.316. The van der Waals surface area contributed by atoms with Crippen molar-refractivity contribution in [3.63, 3.8) is 0 Å². The Labute approximate surface area is 172 Å². The third-order valence-electron chi connectivity index (χ3n) is 3.94. The molecule has 1 unspecified atom stereocenters. The summed E-state index contributed by atoms with van der Waals surface area (Å²) in [5, 5.41) is 7.94. The summed E-state index contributed by atoms with van der Waals surface area (Å²) < 4.78 is 5.00. The van der Waals surface area contributed by atoms with Crippen LogP contribution < -0.4 is 10.6 Å². The van der Waals surface area contributed by atoms with Crippen LogP contribution in [0.15, 0.2) is 41.7 Å². The van der Waals surface area contributed by atoms with E-state index in [0.717, 1.165) is 11.9 Å². The van der Waals surface area contributed by atoms with Crippen molar-refractivity contribution >= 4 is 45.6 Å². The second-order valence-corrected chi connectivity index (χ2v) is 7.55. The molecule has 0 aliphatic heterocycles. The first kappa shape index (κ1) is 21.5. The van der Waals surface area contributed by atoms with Crippen molar-refractivity contribution in [2.24, 2.45) is 4.99 Å². The third kappa shape index (κ3) is 5.59. The van der Waals surface area contributed by atoms with Crippen LogP contribution in [-0.4, -0.2) is 39.0 Å². The number of alkyl halides is 1. The van der Waals surface area contributed by atoms with Crippen molar-refractivity contribution in [3.05, 3.63) is 47.9 Å². The Balaban J connectivity index is 2.43. The summed E-state index contributed by atoms with van der Waals surface area (Å²) in [6.07, 6.45) is 4.19. The van der Waals surface area contributed by atoms with E-state index < -0.39 is 0 Å². The molecule has 1 aromatic carbocycles. The molecule has 148 valence electrons. The van der Waals surface area contributed by atoms with Crippen LogP contribution in [0.4, 0.5) is 11.5 Å². The van der Waals surface area contributed by atoms with Crippen molar-refractivity contribution < 1.29 is 9.53 Å². The fourth-order valence-electron chi connectivity index (χ4n) is 2.25. The van der Waals surface area contributed by atoms with E-state index in [-0.39, 0.29) is 29.3 Å². The molecule has 0 fully saturated rings. The van der Waals surface area contributed by atoms with E-state index in [1.807, 2.05) is 38.1 Å². The number of carbonyl (C=O) groups excluding carboxylic acids is 1. The van der Waals surface area contributed by atoms with E-state index in [4.69, 9.17) is 20.9 Å². The zero-order valence-corrected chi connectivity index (χ0v) is 17.5. The normalized spacial score (nSPS) is 13.5. The number of amidine groups is 1. The number of aliphatic imine (C=N–C) groups is 1. The maximum absolute atomic E-state index is 11.0. The van der Waals surface area contributed by atoms with E-state index in [0.29, 0.717) is 17.2 Å². The van der Waals surface area contributed by atoms with Gasteiger partial charge in [0.2, 0.25) is 0 Å². The van der Waals surface area contributed by atoms with Crippen molar-refractivity contribution in [2.45, 2.75) is 38.2 Å². The van der Waals surface area contributed by atoms with E-state index in [9.17, 15) is 4.79 Å². The van der Waals surface area contributed by atoms with E-state index in [2.05, 4.69) is 25.9 Å². The Morgan fingerprint density at radius 2 is 1.96 bits per heavy atom. The van der Waals surface area contributed by atoms with Gasteiger partial charge in [-0.2, -0.15) is 0 Å². The number of nitrogens with zero attached hydrogens (tertiary/aromatic N) is 4. The minimum Gasteiger partial charge on any atom is -0.461 e. The monoisotopic (exact) mass is 446 g/mol. The van der Waals surface area contributed by atoms with E-state index in [1.165, 1.54) is 19.3 Å². The molecule has 0 spiro atoms. The molecule has 0 saturated carbocycles. The lowest BCUT2D eigenvalue weighted by atomic mass is 10.2. The van der Waals surface area contributed by atoms with Gasteiger partial charge in [-0.05, 0) is 24.6 Å². The maximum Gasteiger partial charge on any atom is 0.302 e. The Bertz CT molecular complexity index is 854. The van der Waals surface area contributed by atoms with Crippen LogP contribution in [-0.2, 0) is 16.1 Å². The zero-order valence-electron chi connectivity index (χ0n) is 16.0. The molecule has 9 heteroatoms. The van der Waals surface area contributed by atoms with Gasteiger partial charge in [0, 0.05) is 29.8 Å². The molecule has 1 aromatic heterocycles. The number of anilines is 2. The number of halogens is 1. The molecule has 2 rings (SSSR count). The minimum atomic E-state index is -0.337. The number of esters is 1. The summed E-state index contributed by atoms with van der Waals surface area (Å²) in [5.74, 6) is 0.316. The number of carbonyl (C=O) groups is 1. The lowest BCUT2D eigenvalue weighted by Crippen LogP contribution is -2.33. The van der Waals surface area contributed by atoms with Gasteiger partial charge < -0.3 is 10.5 Å². The number of aromatic nitrogens is 2. The number of nitrogens with two attached hydrogens (primary N) is 1. The predicted octanol–water partition coefficient (Wildman–Crippen LogP) is 3.15. The van der Waals surface area contributed by atoms with Gasteiger partial charge in [-0.3, -0.25) is 20.1 Å². The summed E-state index contributed by atoms with van der Waals surface area (Å²) >= 11 is 3.53. The van der Waals surface area contributed by atoms with Crippen LogP contribution in [0.3, 0.4) is 0 Å². The molecular weight excluding hydrogens is 424 g/mol. The lowest BCUT2D eigenvalue weighted by Gasteiger charge is -2.23. The molecule has 2 atom stereocenters. The molecule has 2 aromatic rings. The van der Waals surface area contributed by atoms with Crippen molar-refractivity contribution in [1.29, 1.82) is 5.41 Å². The molecule has 28 heavy (non-hydrogen) atoms. The first-order valence-electron chi connectivity index (χ1n) is 8.64. The number of benzene rings is 1. The average molecular weight is 447 g/mol. The SMILES string of the molecule is CC(=O)OCc1ccc(N(C=N)/C(=N\[C@@H](C)C(C)Br)c2nccnc2N)cc1. The number of ether oxygens (including phenoxy) is 1. The van der Waals surface area contributed by atoms with Gasteiger partial charge in [-0.25, -0.2) is 9.97 Å². The van der Waals surface area contributed by atoms with Gasteiger partial charge >= 0.3 is 5.97 Å². The fourth-order valence-corrected chi connectivity index (χ4v) is 2.37. The highest BCUT2D eigenvalue weighted by Crippen LogP contribution is 2.21. The molecule has 1 heterocycles. The van der Waals surface area contributed by atoms with Crippen LogP contribution in [0.5, 0.6) is 0 Å². The summed E-state index contributed by atoms with van der Waals surface area (Å²) in [6, 6.07) is 7.18. The average Bonchev–Trinajstić information content (AvgIpc) is 2.67. The molecular formula is C19H23BrN6O2. The quantitative estimate of drug-likeness (QED) is 0.291. The molecule has 3 N–H and O–H groups in total. The summed E-state index contributed by atoms with van der Waals surface area (Å²) in [7, 11) is 0. The molecule has 0 radical (unpaired) electrons. The van der Waals surface area contributed by atoms with Crippen LogP contribution in [0, 0.1) is 5.41 Å². The first-order chi connectivity index (χ1) is 13.3. The third-order valence-corrected chi connectivity index (χ3v) is 4.71. The predicted molar refractivity (Wildman–Crippen MR) is 114 cm³/mol. The molecule has 0 aliphatic rings. The largest absolute Gasteiger partial charge is 0.461 e. The highest BCUT2D eigenvalue weighted by Gasteiger charge is 2.21. The molecule has 0 aliphatic carbocycles. The molecule has 8 nitrogen and oxygen atoms in total. The number of hydrogen-bond donors (Lipinski definition) is 2. The van der Waals surface area contributed by atoms with Crippen molar-refractivity contribution in [3.8, 4) is 0 Å². The van der Waals surface area contributed by atoms with Crippen molar-refractivity contribution in [1.82, 2.24) is 9.97 Å². The second-order valence-electron chi connectivity index (χ2n) is 6.11. The van der Waals surface area contributed by atoms with Gasteiger partial charge in [0.05, 0.1) is 12.4 Å². The Hall–Kier alpha value is -2.81. The Morgan fingerprint density at radius 1 is 1.32 bits per heavy atom. The van der Waals surface area contributed by atoms with Gasteiger partial charge in [0.1, 0.15) is 12.3 Å². The standard InChI is InChI=1S/C19H23BrN6O2/c1-12(20)13(2)25-19(17-18(22)24-9-8-23-17)26(11-21)16-6-4-15(5-7-16)10-28-14(3)27/h4-9,11-13,21H,10H2,1-3H3,(H2,22,24)/b21-11?,25-19-/t12?,13-/m0/s1. The lowest BCUT2D eigenvalue weighted by molar-refractivity contribution is -0.142. The smallest absolute Gasteiger partial charge is 0.302 e. The second kappa shape index (κ2) is 9.93. The van der Waals surface area contributed by atoms with E-state index in [1.54, 1.807) is 4.90 Å². The highest BCUT2D eigenvalue weighted by atomic mass is 79.9. The van der Waals surface area contributed by atoms with Gasteiger partial charge in [-0.1, -0.05) is 35.0 Å². The van der Waals surface area contributed by atoms with Crippen molar-refractivity contribution in [2.75, 3.05) is 10.6 Å². The van der Waals surface area contributed by atoms with Crippen LogP contribution in [0.1, 0.15) is 32.0 Å². The topological polar surface area (TPSA) is 118 Å². The Morgan fingerprint density at radius 3 is 2.50 bits per heavy atom. The summed E-state index contributed by atoms with van der Waals surface area (Å²) in [5.41, 5.74) is 7.95. The number of rotatable bonds is 7. The molecule has 0 saturated heterocycles. The van der Waals surface area contributed by atoms with Gasteiger partial charge in [-0.15, -0.1) is 0 Å². The van der Waals surface area contributed by atoms with Crippen LogP contribution in [0.2, 0.25) is 0 Å². The van der Waals surface area contributed by atoms with E-state index >= 15 is 0 Å². The minimum absolute atomic E-state index is 0.0953. The Kier molecular flexibility index (Phi) is 7.62. The molecule has 0 bridgehead atoms. The number of nitrogen functional groups attached to an aromatic ring is 1. The summed E-state index contributed by atoms with van der Waals surface area (Å²) in [6.45, 7) is 5.50. The molecule has 0 amide bonds. The first-order valence-corrected chi connectivity index (χ1v) is 9.56. The number of hydrogen-bond acceptors (Lipinski definition) is 7. The maximum atomic E-state index is 11.0. The van der Waals surface area contributed by atoms with Crippen LogP contribution >= 0.6 is 15.9 Å². The van der Waals surface area contributed by atoms with Crippen LogP contribution in [0.25, 0.3) is 0 Å². The zero-order chi connectivity index (χ0) is 20.7. The highest BCUT2D eigenvalue weighted by molar-refractivity contribution is 9.09. The number of nitrogens with one attached hydrogen (secondary N) is 1. The van der Waals surface area contributed by atoms with Gasteiger partial charge in [0.25, 0.3) is 0 Å².